The molecule has 8 nitrogen and oxygen atoms in total. The first-order chi connectivity index (χ1) is 22.9. The quantitative estimate of drug-likeness (QED) is 0.109. The minimum atomic E-state index is -2.08. The van der Waals surface area contributed by atoms with Crippen molar-refractivity contribution >= 4 is 8.32 Å². The van der Waals surface area contributed by atoms with Crippen molar-refractivity contribution in [3.63, 3.8) is 0 Å². The molecule has 1 N–H and O–H groups in total. The summed E-state index contributed by atoms with van der Waals surface area (Å²) in [7, 11) is 1.21. The summed E-state index contributed by atoms with van der Waals surface area (Å²) >= 11 is 0. The van der Waals surface area contributed by atoms with Gasteiger partial charge in [0.1, 0.15) is 17.1 Å². The fourth-order valence-electron chi connectivity index (χ4n) is 5.42. The van der Waals surface area contributed by atoms with Gasteiger partial charge in [0.05, 0.1) is 33.1 Å². The molecule has 0 radical (unpaired) electrons. The number of methoxy groups -OCH3 is 2. The molecule has 0 aliphatic carbocycles. The maximum absolute atomic E-state index is 12.9. The van der Waals surface area contributed by atoms with E-state index >= 15 is 0 Å². The van der Waals surface area contributed by atoms with Gasteiger partial charge < -0.3 is 18.6 Å². The molecule has 4 aromatic carbocycles. The van der Waals surface area contributed by atoms with E-state index in [1.165, 1.54) is 16.8 Å². The van der Waals surface area contributed by atoms with Gasteiger partial charge in [0.25, 0.3) is 5.56 Å². The van der Waals surface area contributed by atoms with Crippen LogP contribution in [0.15, 0.2) is 119 Å². The molecule has 5 aromatic rings. The van der Waals surface area contributed by atoms with E-state index in [1.54, 1.807) is 14.2 Å². The van der Waals surface area contributed by atoms with Crippen LogP contribution in [0.25, 0.3) is 5.69 Å². The molecular formula is C39H44N2O6Si. The van der Waals surface area contributed by atoms with E-state index in [-0.39, 0.29) is 11.6 Å². The molecule has 0 bridgehead atoms. The molecular weight excluding hydrogens is 621 g/mol. The van der Waals surface area contributed by atoms with Crippen molar-refractivity contribution in [3.05, 3.63) is 158 Å². The van der Waals surface area contributed by atoms with Crippen molar-refractivity contribution in [2.24, 2.45) is 0 Å². The Morgan fingerprint density at radius 2 is 1.21 bits per heavy atom. The normalized spacial score (nSPS) is 12.1. The fourth-order valence-corrected chi connectivity index (χ4v) is 6.38. The van der Waals surface area contributed by atoms with E-state index in [9.17, 15) is 9.59 Å². The predicted octanol–water partition coefficient (Wildman–Crippen LogP) is 7.57. The van der Waals surface area contributed by atoms with Crippen LogP contribution < -0.4 is 20.7 Å². The maximum atomic E-state index is 12.9. The van der Waals surface area contributed by atoms with Crippen LogP contribution in [0.3, 0.4) is 0 Å². The number of hydrogen-bond acceptors (Lipinski definition) is 6. The number of nitrogens with zero attached hydrogens (tertiary/aromatic N) is 1. The molecule has 0 saturated heterocycles. The van der Waals surface area contributed by atoms with E-state index in [2.05, 4.69) is 57.0 Å². The highest BCUT2D eigenvalue weighted by Crippen LogP contribution is 2.42. The highest BCUT2D eigenvalue weighted by atomic mass is 28.4. The molecule has 0 amide bonds. The third kappa shape index (κ3) is 7.38. The molecule has 0 aliphatic rings. The maximum Gasteiger partial charge on any atom is 0.332 e. The molecule has 48 heavy (non-hydrogen) atoms. The van der Waals surface area contributed by atoms with Crippen LogP contribution in [0.4, 0.5) is 0 Å². The third-order valence-corrected chi connectivity index (χ3v) is 13.7. The molecule has 0 unspecified atom stereocenters. The summed E-state index contributed by atoms with van der Waals surface area (Å²) in [6, 6.07) is 33.1. The standard InChI is InChI=1S/C39H44N2O6Si/c1-38(2,3)48(6,7)47-27-29-23-28(24-33(25-29)41-22-21-36(42)40-37(41)43)26-46-39(30-11-9-8-10-12-30,31-13-17-34(44-4)18-14-31)32-15-19-35(45-5)20-16-32/h8-25H,26-27H2,1-7H3,(H,40,42,43). The summed E-state index contributed by atoms with van der Waals surface area (Å²) in [4.78, 5) is 27.2. The van der Waals surface area contributed by atoms with Crippen molar-refractivity contribution in [3.8, 4) is 17.2 Å². The molecule has 0 aliphatic heterocycles. The van der Waals surface area contributed by atoms with Gasteiger partial charge in [-0.25, -0.2) is 4.79 Å². The van der Waals surface area contributed by atoms with Crippen molar-refractivity contribution < 1.29 is 18.6 Å². The average molecular weight is 665 g/mol. The SMILES string of the molecule is COc1ccc(C(OCc2cc(CO[Si](C)(C)C(C)(C)C)cc(-n3ccc(=O)[nH]c3=O)c2)(c2ccccc2)c2ccc(OC)cc2)cc1. The van der Waals surface area contributed by atoms with Crippen molar-refractivity contribution in [2.45, 2.75) is 57.7 Å². The van der Waals surface area contributed by atoms with Gasteiger partial charge in [-0.05, 0) is 82.3 Å². The van der Waals surface area contributed by atoms with Crippen LogP contribution in [0, 0.1) is 0 Å². The van der Waals surface area contributed by atoms with Crippen LogP contribution in [0.1, 0.15) is 48.6 Å². The first-order valence-electron chi connectivity index (χ1n) is 15.9. The Labute approximate surface area is 283 Å². The second kappa shape index (κ2) is 14.2. The van der Waals surface area contributed by atoms with Gasteiger partial charge in [0.15, 0.2) is 8.32 Å². The van der Waals surface area contributed by atoms with Crippen LogP contribution in [0.2, 0.25) is 18.1 Å². The van der Waals surface area contributed by atoms with E-state index in [0.29, 0.717) is 12.3 Å². The first kappa shape index (κ1) is 34.6. The third-order valence-electron chi connectivity index (χ3n) is 9.17. The van der Waals surface area contributed by atoms with Crippen LogP contribution in [-0.4, -0.2) is 32.1 Å². The molecule has 1 heterocycles. The second-order valence-electron chi connectivity index (χ2n) is 13.3. The molecule has 0 fully saturated rings. The van der Waals surface area contributed by atoms with Crippen LogP contribution in [0.5, 0.6) is 11.5 Å². The summed E-state index contributed by atoms with van der Waals surface area (Å²) in [6.45, 7) is 11.6. The van der Waals surface area contributed by atoms with Gasteiger partial charge in [0, 0.05) is 12.3 Å². The Hall–Kier alpha value is -4.70. The number of H-pyrrole nitrogens is 1. The topological polar surface area (TPSA) is 91.8 Å². The predicted molar refractivity (Wildman–Crippen MR) is 192 cm³/mol. The van der Waals surface area contributed by atoms with E-state index in [0.717, 1.165) is 39.3 Å². The minimum absolute atomic E-state index is 0.0262. The number of aromatic amines is 1. The lowest BCUT2D eigenvalue weighted by Crippen LogP contribution is -2.40. The average Bonchev–Trinajstić information content (AvgIpc) is 3.08. The minimum Gasteiger partial charge on any atom is -0.497 e. The second-order valence-corrected chi connectivity index (χ2v) is 18.1. The zero-order chi connectivity index (χ0) is 34.5. The first-order valence-corrected chi connectivity index (χ1v) is 18.8. The molecule has 0 atom stereocenters. The van der Waals surface area contributed by atoms with Crippen molar-refractivity contribution in [2.75, 3.05) is 14.2 Å². The van der Waals surface area contributed by atoms with Gasteiger partial charge in [-0.3, -0.25) is 14.3 Å². The van der Waals surface area contributed by atoms with Crippen LogP contribution >= 0.6 is 0 Å². The zero-order valence-corrected chi connectivity index (χ0v) is 29.7. The van der Waals surface area contributed by atoms with Gasteiger partial charge in [-0.1, -0.05) is 81.4 Å². The number of benzene rings is 4. The van der Waals surface area contributed by atoms with E-state index in [4.69, 9.17) is 18.6 Å². The Kier molecular flexibility index (Phi) is 10.2. The summed E-state index contributed by atoms with van der Waals surface area (Å²) in [5.41, 5.74) is 3.09. The summed E-state index contributed by atoms with van der Waals surface area (Å²) in [6.07, 6.45) is 1.49. The lowest BCUT2D eigenvalue weighted by atomic mass is 9.80. The Morgan fingerprint density at radius 1 is 0.688 bits per heavy atom. The number of rotatable bonds is 12. The number of nitrogens with one attached hydrogen (secondary N) is 1. The Balaban J connectivity index is 1.64. The monoisotopic (exact) mass is 664 g/mol. The molecule has 250 valence electrons. The van der Waals surface area contributed by atoms with Crippen molar-refractivity contribution in [1.82, 2.24) is 9.55 Å². The van der Waals surface area contributed by atoms with Crippen molar-refractivity contribution in [1.29, 1.82) is 0 Å². The van der Waals surface area contributed by atoms with Gasteiger partial charge >= 0.3 is 5.69 Å². The van der Waals surface area contributed by atoms with Gasteiger partial charge in [-0.2, -0.15) is 0 Å². The molecule has 1 aromatic heterocycles. The van der Waals surface area contributed by atoms with Gasteiger partial charge in [0.2, 0.25) is 0 Å². The molecule has 5 rings (SSSR count). The molecule has 0 spiro atoms. The largest absolute Gasteiger partial charge is 0.497 e. The van der Waals surface area contributed by atoms with Crippen LogP contribution in [-0.2, 0) is 28.0 Å². The number of hydrogen-bond donors (Lipinski definition) is 1. The van der Waals surface area contributed by atoms with Gasteiger partial charge in [-0.15, -0.1) is 0 Å². The number of aromatic nitrogens is 2. The Morgan fingerprint density at radius 3 is 1.71 bits per heavy atom. The van der Waals surface area contributed by atoms with E-state index in [1.807, 2.05) is 78.9 Å². The number of ether oxygens (including phenoxy) is 3. The fraction of sp³-hybridized carbons (Fsp3) is 0.282. The summed E-state index contributed by atoms with van der Waals surface area (Å²) < 4.78 is 26.2. The highest BCUT2D eigenvalue weighted by molar-refractivity contribution is 6.74. The lowest BCUT2D eigenvalue weighted by molar-refractivity contribution is 0.000142. The molecule has 9 heteroatoms. The van der Waals surface area contributed by atoms with E-state index < -0.39 is 25.2 Å². The smallest absolute Gasteiger partial charge is 0.332 e. The summed E-state index contributed by atoms with van der Waals surface area (Å²) in [5, 5.41) is 0.0262. The summed E-state index contributed by atoms with van der Waals surface area (Å²) in [5.74, 6) is 1.47. The lowest BCUT2D eigenvalue weighted by Gasteiger charge is -2.36. The zero-order valence-electron chi connectivity index (χ0n) is 28.7. The molecule has 0 saturated carbocycles. The highest BCUT2D eigenvalue weighted by Gasteiger charge is 2.39. The Bertz CT molecular complexity index is 1900.